The Morgan fingerprint density at radius 3 is 2.62 bits per heavy atom. The highest BCUT2D eigenvalue weighted by Crippen LogP contribution is 2.20. The number of nitrogens with one attached hydrogen (secondary N) is 2. The molecule has 0 bridgehead atoms. The third-order valence-corrected chi connectivity index (χ3v) is 4.54. The number of ether oxygens (including phenoxy) is 1. The lowest BCUT2D eigenvalue weighted by atomic mass is 10.1. The van der Waals surface area contributed by atoms with Gasteiger partial charge >= 0.3 is 6.09 Å². The molecule has 24 heavy (non-hydrogen) atoms. The lowest BCUT2D eigenvalue weighted by Gasteiger charge is -2.42. The molecule has 0 saturated carbocycles. The van der Waals surface area contributed by atoms with Crippen molar-refractivity contribution < 1.29 is 9.53 Å². The first-order chi connectivity index (χ1) is 11.3. The Balaban J connectivity index is 1.57. The Hall–Kier alpha value is -1.60. The van der Waals surface area contributed by atoms with Crippen LogP contribution in [0.3, 0.4) is 0 Å². The van der Waals surface area contributed by atoms with Crippen LogP contribution in [0.1, 0.15) is 34.1 Å². The van der Waals surface area contributed by atoms with Gasteiger partial charge in [0.1, 0.15) is 11.8 Å². The van der Waals surface area contributed by atoms with E-state index in [9.17, 15) is 4.79 Å². The molecule has 0 aliphatic carbocycles. The summed E-state index contributed by atoms with van der Waals surface area (Å²) in [5.41, 5.74) is 3.06. The summed E-state index contributed by atoms with van der Waals surface area (Å²) in [4.78, 5) is 21.1. The largest absolute Gasteiger partial charge is 0.444 e. The van der Waals surface area contributed by atoms with Crippen LogP contribution in [-0.4, -0.2) is 72.6 Å². The minimum atomic E-state index is -0.444. The van der Waals surface area contributed by atoms with Crippen LogP contribution in [0.5, 0.6) is 0 Å². The van der Waals surface area contributed by atoms with E-state index in [0.717, 1.165) is 44.0 Å². The van der Waals surface area contributed by atoms with Gasteiger partial charge in [-0.2, -0.15) is 0 Å². The predicted octanol–water partition coefficient (Wildman–Crippen LogP) is 1.13. The number of hydrogen-bond acceptors (Lipinski definition) is 6. The number of aliphatic imine (C=N–C) groups is 1. The highest BCUT2D eigenvalue weighted by atomic mass is 16.6. The van der Waals surface area contributed by atoms with E-state index in [0.29, 0.717) is 13.1 Å². The van der Waals surface area contributed by atoms with Crippen molar-refractivity contribution in [2.45, 2.75) is 45.9 Å². The van der Waals surface area contributed by atoms with Crippen molar-refractivity contribution in [1.82, 2.24) is 20.4 Å². The number of carbonyl (C=O) groups is 1. The summed E-state index contributed by atoms with van der Waals surface area (Å²) in [6.45, 7) is 12.7. The zero-order valence-corrected chi connectivity index (χ0v) is 15.2. The molecule has 1 atom stereocenters. The Kier molecular flexibility index (Phi) is 4.83. The SMILES string of the molecule is CC1=NC2=C(CCNC2)NC1N1CCN(C(=O)OC(C)(C)C)CC1. The molecule has 1 amide bonds. The van der Waals surface area contributed by atoms with E-state index in [1.807, 2.05) is 20.8 Å². The average Bonchev–Trinajstić information content (AvgIpc) is 2.53. The maximum atomic E-state index is 12.2. The lowest BCUT2D eigenvalue weighted by Crippen LogP contribution is -2.59. The second-order valence-corrected chi connectivity index (χ2v) is 7.66. The van der Waals surface area contributed by atoms with E-state index in [-0.39, 0.29) is 12.3 Å². The van der Waals surface area contributed by atoms with Gasteiger partial charge in [-0.3, -0.25) is 9.89 Å². The molecule has 7 heteroatoms. The Bertz CT molecular complexity index is 556. The van der Waals surface area contributed by atoms with Crippen molar-refractivity contribution in [3.8, 4) is 0 Å². The first-order valence-electron chi connectivity index (χ1n) is 8.80. The van der Waals surface area contributed by atoms with Crippen LogP contribution < -0.4 is 10.6 Å². The van der Waals surface area contributed by atoms with E-state index >= 15 is 0 Å². The Labute approximate surface area is 144 Å². The molecule has 1 saturated heterocycles. The van der Waals surface area contributed by atoms with E-state index < -0.39 is 5.60 Å². The summed E-state index contributed by atoms with van der Waals surface area (Å²) in [6.07, 6.45) is 0.927. The minimum Gasteiger partial charge on any atom is -0.444 e. The van der Waals surface area contributed by atoms with E-state index in [1.165, 1.54) is 5.70 Å². The molecular formula is C17H29N5O2. The number of amides is 1. The van der Waals surface area contributed by atoms with E-state index in [1.54, 1.807) is 4.90 Å². The second kappa shape index (κ2) is 6.72. The van der Waals surface area contributed by atoms with Gasteiger partial charge in [0.05, 0.1) is 11.4 Å². The van der Waals surface area contributed by atoms with E-state index in [4.69, 9.17) is 9.73 Å². The van der Waals surface area contributed by atoms with Gasteiger partial charge in [0.2, 0.25) is 0 Å². The normalized spacial score (nSPS) is 25.8. The first-order valence-corrected chi connectivity index (χ1v) is 8.80. The molecule has 2 N–H and O–H groups in total. The Morgan fingerprint density at radius 2 is 1.96 bits per heavy atom. The van der Waals surface area contributed by atoms with Gasteiger partial charge in [-0.15, -0.1) is 0 Å². The number of rotatable bonds is 1. The van der Waals surface area contributed by atoms with Crippen LogP contribution in [0, 0.1) is 0 Å². The van der Waals surface area contributed by atoms with Crippen LogP contribution in [-0.2, 0) is 4.74 Å². The van der Waals surface area contributed by atoms with Gasteiger partial charge < -0.3 is 20.3 Å². The molecule has 3 aliphatic rings. The molecule has 3 rings (SSSR count). The van der Waals surface area contributed by atoms with Gasteiger partial charge in [-0.1, -0.05) is 0 Å². The van der Waals surface area contributed by atoms with Gasteiger partial charge in [0.15, 0.2) is 0 Å². The summed E-state index contributed by atoms with van der Waals surface area (Å²) in [6, 6.07) is 0. The monoisotopic (exact) mass is 335 g/mol. The van der Waals surface area contributed by atoms with Crippen LogP contribution in [0.2, 0.25) is 0 Å². The zero-order valence-electron chi connectivity index (χ0n) is 15.2. The number of nitrogens with zero attached hydrogens (tertiary/aromatic N) is 3. The third kappa shape index (κ3) is 3.89. The van der Waals surface area contributed by atoms with E-state index in [2.05, 4.69) is 22.5 Å². The van der Waals surface area contributed by atoms with Crippen molar-refractivity contribution in [3.05, 3.63) is 11.4 Å². The number of carbonyl (C=O) groups excluding carboxylic acids is 1. The fourth-order valence-corrected chi connectivity index (χ4v) is 3.32. The fraction of sp³-hybridized carbons (Fsp3) is 0.765. The predicted molar refractivity (Wildman–Crippen MR) is 93.9 cm³/mol. The standard InChI is InChI=1S/C17H29N5O2/c1-12-15(20-13-5-6-18-11-14(13)19-12)21-7-9-22(10-8-21)16(23)24-17(2,3)4/h15,18,20H,5-11H2,1-4H3. The molecule has 0 spiro atoms. The van der Waals surface area contributed by atoms with Crippen molar-refractivity contribution in [2.24, 2.45) is 4.99 Å². The van der Waals surface area contributed by atoms with Crippen LogP contribution >= 0.6 is 0 Å². The van der Waals surface area contributed by atoms with Gasteiger partial charge in [0, 0.05) is 51.4 Å². The third-order valence-electron chi connectivity index (χ3n) is 4.54. The second-order valence-electron chi connectivity index (χ2n) is 7.66. The molecule has 7 nitrogen and oxygen atoms in total. The fourth-order valence-electron chi connectivity index (χ4n) is 3.32. The molecule has 134 valence electrons. The molecule has 3 aliphatic heterocycles. The summed E-state index contributed by atoms with van der Waals surface area (Å²) >= 11 is 0. The quantitative estimate of drug-likeness (QED) is 0.752. The summed E-state index contributed by atoms with van der Waals surface area (Å²) in [5.74, 6) is 0. The Morgan fingerprint density at radius 1 is 1.25 bits per heavy atom. The molecule has 1 unspecified atom stereocenters. The summed E-state index contributed by atoms with van der Waals surface area (Å²) in [7, 11) is 0. The number of piperazine rings is 1. The van der Waals surface area contributed by atoms with Crippen LogP contribution in [0.4, 0.5) is 4.79 Å². The van der Waals surface area contributed by atoms with Crippen LogP contribution in [0.25, 0.3) is 0 Å². The van der Waals surface area contributed by atoms with Gasteiger partial charge in [0.25, 0.3) is 0 Å². The first kappa shape index (κ1) is 17.2. The van der Waals surface area contributed by atoms with Gasteiger partial charge in [-0.25, -0.2) is 4.79 Å². The average molecular weight is 335 g/mol. The maximum Gasteiger partial charge on any atom is 0.410 e. The maximum absolute atomic E-state index is 12.2. The zero-order chi connectivity index (χ0) is 17.3. The highest BCUT2D eigenvalue weighted by Gasteiger charge is 2.32. The van der Waals surface area contributed by atoms with Crippen molar-refractivity contribution in [1.29, 1.82) is 0 Å². The molecule has 1 fully saturated rings. The minimum absolute atomic E-state index is 0.141. The molecule has 3 heterocycles. The molecule has 0 aromatic heterocycles. The highest BCUT2D eigenvalue weighted by molar-refractivity contribution is 5.89. The molecule has 0 aromatic carbocycles. The summed E-state index contributed by atoms with van der Waals surface area (Å²) < 4.78 is 5.46. The lowest BCUT2D eigenvalue weighted by molar-refractivity contribution is 0.0120. The topological polar surface area (TPSA) is 69.2 Å². The van der Waals surface area contributed by atoms with Gasteiger partial charge in [-0.05, 0) is 27.7 Å². The van der Waals surface area contributed by atoms with Crippen LogP contribution in [0.15, 0.2) is 16.4 Å². The number of hydrogen-bond donors (Lipinski definition) is 2. The van der Waals surface area contributed by atoms with Crippen molar-refractivity contribution in [3.63, 3.8) is 0 Å². The molecular weight excluding hydrogens is 306 g/mol. The smallest absolute Gasteiger partial charge is 0.410 e. The summed E-state index contributed by atoms with van der Waals surface area (Å²) in [5, 5.41) is 7.02. The van der Waals surface area contributed by atoms with Crippen molar-refractivity contribution >= 4 is 11.8 Å². The molecule has 0 aromatic rings. The molecule has 0 radical (unpaired) electrons. The van der Waals surface area contributed by atoms with Crippen molar-refractivity contribution in [2.75, 3.05) is 39.3 Å².